The summed E-state index contributed by atoms with van der Waals surface area (Å²) in [5, 5.41) is 3.26. The van der Waals surface area contributed by atoms with Gasteiger partial charge in [-0.05, 0) is 50.8 Å². The molecule has 8 heteroatoms. The number of alkyl halides is 3. The molecule has 1 aliphatic carbocycles. The Balaban J connectivity index is 1.43. The van der Waals surface area contributed by atoms with Gasteiger partial charge in [0.2, 0.25) is 0 Å². The third-order valence-electron chi connectivity index (χ3n) is 6.43. The number of rotatable bonds is 6. The fourth-order valence-corrected chi connectivity index (χ4v) is 4.97. The Morgan fingerprint density at radius 1 is 1.10 bits per heavy atom. The zero-order valence-corrected chi connectivity index (χ0v) is 16.9. The maximum Gasteiger partial charge on any atom is 0.434 e. The van der Waals surface area contributed by atoms with Gasteiger partial charge in [-0.3, -0.25) is 9.97 Å². The molecular formula is C22H27F3N4O. The molecule has 1 N–H and O–H groups in total. The minimum atomic E-state index is -4.48. The Bertz CT molecular complexity index is 840. The number of hydrogen-bond acceptors (Lipinski definition) is 5. The molecule has 1 atom stereocenters. The van der Waals surface area contributed by atoms with E-state index in [-0.39, 0.29) is 23.3 Å². The standard InChI is InChI=1S/C22H27F3N4O/c23-22(24,25)19-15-27-14-17(29-19)13-26-11-8-20(18-5-1-4-10-28-18)9-12-30-21(16-20)6-2-3-7-21/h1,4-5,10,14-15,26H,2-3,6-9,11-13,16H2/t20-/m0/s1. The topological polar surface area (TPSA) is 59.9 Å². The predicted octanol–water partition coefficient (Wildman–Crippen LogP) is 4.43. The molecule has 0 amide bonds. The second kappa shape index (κ2) is 8.59. The summed E-state index contributed by atoms with van der Waals surface area (Å²) in [6.45, 7) is 1.62. The van der Waals surface area contributed by atoms with Crippen molar-refractivity contribution >= 4 is 0 Å². The van der Waals surface area contributed by atoms with Crippen LogP contribution in [-0.2, 0) is 22.9 Å². The van der Waals surface area contributed by atoms with E-state index in [1.54, 1.807) is 0 Å². The molecule has 30 heavy (non-hydrogen) atoms. The van der Waals surface area contributed by atoms with Crippen molar-refractivity contribution in [3.63, 3.8) is 0 Å². The van der Waals surface area contributed by atoms with Gasteiger partial charge in [0.25, 0.3) is 0 Å². The summed E-state index contributed by atoms with van der Waals surface area (Å²) in [6, 6.07) is 6.03. The Kier molecular flexibility index (Phi) is 6.06. The molecule has 1 aliphatic heterocycles. The van der Waals surface area contributed by atoms with E-state index in [0.717, 1.165) is 50.6 Å². The summed E-state index contributed by atoms with van der Waals surface area (Å²) in [5.41, 5.74) is 0.272. The van der Waals surface area contributed by atoms with Crippen molar-refractivity contribution in [2.45, 2.75) is 68.7 Å². The lowest BCUT2D eigenvalue weighted by Crippen LogP contribution is -2.47. The zero-order valence-electron chi connectivity index (χ0n) is 16.9. The first-order chi connectivity index (χ1) is 14.4. The number of ether oxygens (including phenoxy) is 1. The molecule has 2 aromatic rings. The Labute approximate surface area is 174 Å². The monoisotopic (exact) mass is 420 g/mol. The number of aromatic nitrogens is 3. The molecular weight excluding hydrogens is 393 g/mol. The molecule has 3 heterocycles. The van der Waals surface area contributed by atoms with Crippen molar-refractivity contribution in [1.29, 1.82) is 0 Å². The molecule has 2 aliphatic rings. The van der Waals surface area contributed by atoms with Crippen LogP contribution in [0.5, 0.6) is 0 Å². The van der Waals surface area contributed by atoms with Crippen LogP contribution >= 0.6 is 0 Å². The quantitative estimate of drug-likeness (QED) is 0.701. The normalized spacial score (nSPS) is 23.7. The highest BCUT2D eigenvalue weighted by Gasteiger charge is 2.48. The fraction of sp³-hybridized carbons (Fsp3) is 0.591. The molecule has 4 rings (SSSR count). The van der Waals surface area contributed by atoms with Gasteiger partial charge in [-0.2, -0.15) is 13.2 Å². The smallest absolute Gasteiger partial charge is 0.375 e. The van der Waals surface area contributed by atoms with Crippen LogP contribution in [0.15, 0.2) is 36.8 Å². The van der Waals surface area contributed by atoms with Crippen molar-refractivity contribution in [1.82, 2.24) is 20.3 Å². The summed E-state index contributed by atoms with van der Waals surface area (Å²) in [6.07, 6.45) is 6.75. The van der Waals surface area contributed by atoms with Crippen LogP contribution in [0.3, 0.4) is 0 Å². The van der Waals surface area contributed by atoms with E-state index in [9.17, 15) is 13.2 Å². The molecule has 2 fully saturated rings. The zero-order chi connectivity index (χ0) is 21.1. The van der Waals surface area contributed by atoms with Gasteiger partial charge in [0.05, 0.1) is 17.5 Å². The van der Waals surface area contributed by atoms with E-state index in [2.05, 4.69) is 26.3 Å². The summed E-state index contributed by atoms with van der Waals surface area (Å²) in [5.74, 6) is 0. The van der Waals surface area contributed by atoms with Gasteiger partial charge in [-0.15, -0.1) is 0 Å². The highest BCUT2D eigenvalue weighted by molar-refractivity contribution is 5.20. The molecule has 1 saturated heterocycles. The number of hydrogen-bond donors (Lipinski definition) is 1. The lowest BCUT2D eigenvalue weighted by Gasteiger charge is -2.46. The van der Waals surface area contributed by atoms with Gasteiger partial charge in [0.15, 0.2) is 5.69 Å². The lowest BCUT2D eigenvalue weighted by atomic mass is 9.68. The van der Waals surface area contributed by atoms with Crippen molar-refractivity contribution in [2.24, 2.45) is 0 Å². The number of pyridine rings is 1. The van der Waals surface area contributed by atoms with Gasteiger partial charge in [-0.25, -0.2) is 4.98 Å². The van der Waals surface area contributed by atoms with Gasteiger partial charge < -0.3 is 10.1 Å². The maximum absolute atomic E-state index is 12.8. The molecule has 2 aromatic heterocycles. The maximum atomic E-state index is 12.8. The second-order valence-corrected chi connectivity index (χ2v) is 8.48. The summed E-state index contributed by atoms with van der Waals surface area (Å²) in [7, 11) is 0. The van der Waals surface area contributed by atoms with Crippen LogP contribution in [-0.4, -0.2) is 33.7 Å². The molecule has 162 valence electrons. The van der Waals surface area contributed by atoms with Crippen molar-refractivity contribution < 1.29 is 17.9 Å². The average Bonchev–Trinajstić information content (AvgIpc) is 3.19. The second-order valence-electron chi connectivity index (χ2n) is 8.48. The van der Waals surface area contributed by atoms with Gasteiger partial charge in [0, 0.05) is 36.7 Å². The molecule has 0 unspecified atom stereocenters. The predicted molar refractivity (Wildman–Crippen MR) is 106 cm³/mol. The average molecular weight is 420 g/mol. The molecule has 1 saturated carbocycles. The first-order valence-electron chi connectivity index (χ1n) is 10.6. The minimum Gasteiger partial charge on any atom is -0.375 e. The lowest BCUT2D eigenvalue weighted by molar-refractivity contribution is -0.141. The van der Waals surface area contributed by atoms with Crippen LogP contribution < -0.4 is 5.32 Å². The molecule has 1 spiro atoms. The number of halogens is 3. The highest BCUT2D eigenvalue weighted by Crippen LogP contribution is 2.49. The molecule has 0 bridgehead atoms. The van der Waals surface area contributed by atoms with Crippen molar-refractivity contribution in [3.05, 3.63) is 53.9 Å². The Hall–Kier alpha value is -2.06. The third-order valence-corrected chi connectivity index (χ3v) is 6.43. The van der Waals surface area contributed by atoms with E-state index in [1.807, 2.05) is 18.3 Å². The SMILES string of the molecule is FC(F)(F)c1cncc(CNCC[C@]2(c3ccccn3)CCOC3(CCCC3)C2)n1. The van der Waals surface area contributed by atoms with Crippen LogP contribution in [0.4, 0.5) is 13.2 Å². The van der Waals surface area contributed by atoms with Crippen LogP contribution in [0.1, 0.15) is 62.0 Å². The Morgan fingerprint density at radius 3 is 2.67 bits per heavy atom. The molecule has 0 aromatic carbocycles. The summed E-state index contributed by atoms with van der Waals surface area (Å²) < 4.78 is 44.8. The minimum absolute atomic E-state index is 0.0533. The van der Waals surface area contributed by atoms with Crippen molar-refractivity contribution in [3.8, 4) is 0 Å². The highest BCUT2D eigenvalue weighted by atomic mass is 19.4. The van der Waals surface area contributed by atoms with Gasteiger partial charge in [0.1, 0.15) is 0 Å². The van der Waals surface area contributed by atoms with Gasteiger partial charge in [-0.1, -0.05) is 18.9 Å². The van der Waals surface area contributed by atoms with Crippen LogP contribution in [0.2, 0.25) is 0 Å². The molecule has 0 radical (unpaired) electrons. The largest absolute Gasteiger partial charge is 0.434 e. The third kappa shape index (κ3) is 4.64. The first kappa shape index (κ1) is 21.2. The summed E-state index contributed by atoms with van der Waals surface area (Å²) >= 11 is 0. The van der Waals surface area contributed by atoms with E-state index < -0.39 is 11.9 Å². The Morgan fingerprint density at radius 2 is 1.93 bits per heavy atom. The van der Waals surface area contributed by atoms with E-state index >= 15 is 0 Å². The molecule has 5 nitrogen and oxygen atoms in total. The van der Waals surface area contributed by atoms with E-state index in [1.165, 1.54) is 19.0 Å². The fourth-order valence-electron chi connectivity index (χ4n) is 4.97. The number of nitrogens with zero attached hydrogens (tertiary/aromatic N) is 3. The summed E-state index contributed by atoms with van der Waals surface area (Å²) in [4.78, 5) is 12.0. The van der Waals surface area contributed by atoms with Gasteiger partial charge >= 0.3 is 6.18 Å². The van der Waals surface area contributed by atoms with E-state index in [4.69, 9.17) is 4.74 Å². The van der Waals surface area contributed by atoms with E-state index in [0.29, 0.717) is 6.54 Å². The first-order valence-corrected chi connectivity index (χ1v) is 10.6. The van der Waals surface area contributed by atoms with Crippen LogP contribution in [0, 0.1) is 0 Å². The van der Waals surface area contributed by atoms with Crippen LogP contribution in [0.25, 0.3) is 0 Å². The number of nitrogens with one attached hydrogen (secondary N) is 1. The van der Waals surface area contributed by atoms with Crippen molar-refractivity contribution in [2.75, 3.05) is 13.2 Å².